The van der Waals surface area contributed by atoms with Gasteiger partial charge in [0.1, 0.15) is 17.1 Å². The van der Waals surface area contributed by atoms with Crippen molar-refractivity contribution in [1.82, 2.24) is 0 Å². The Kier molecular flexibility index (Phi) is 3.83. The van der Waals surface area contributed by atoms with Crippen LogP contribution in [0.1, 0.15) is 36.2 Å². The van der Waals surface area contributed by atoms with Crippen molar-refractivity contribution in [3.63, 3.8) is 0 Å². The van der Waals surface area contributed by atoms with Crippen molar-refractivity contribution < 1.29 is 14.6 Å². The standard InChI is InChI=1S/C22H21NO3/c1-22(2)13-12-17-19(24)18(23-21(25)14-8-4-3-5-9-14)15-10-6-7-11-16(15)20(17)26-22/h3-11,24H,12-13H2,1-2H3,(H,23,25). The molecule has 4 rings (SSSR count). The number of hydrogen-bond donors (Lipinski definition) is 2. The second-order valence-corrected chi connectivity index (χ2v) is 7.26. The van der Waals surface area contributed by atoms with Crippen LogP contribution in [-0.2, 0) is 6.42 Å². The Morgan fingerprint density at radius 3 is 2.42 bits per heavy atom. The van der Waals surface area contributed by atoms with Crippen LogP contribution < -0.4 is 10.1 Å². The van der Waals surface area contributed by atoms with E-state index in [1.54, 1.807) is 12.1 Å². The van der Waals surface area contributed by atoms with Gasteiger partial charge in [-0.05, 0) is 38.8 Å². The van der Waals surface area contributed by atoms with Crippen LogP contribution in [0.2, 0.25) is 0 Å². The van der Waals surface area contributed by atoms with Crippen LogP contribution in [0.5, 0.6) is 11.5 Å². The average Bonchev–Trinajstić information content (AvgIpc) is 2.65. The van der Waals surface area contributed by atoms with Crippen LogP contribution >= 0.6 is 0 Å². The van der Waals surface area contributed by atoms with Crippen LogP contribution in [0.25, 0.3) is 10.8 Å². The Bertz CT molecular complexity index is 993. The van der Waals surface area contributed by atoms with Gasteiger partial charge in [-0.3, -0.25) is 4.79 Å². The highest BCUT2D eigenvalue weighted by molar-refractivity contribution is 6.12. The fraction of sp³-hybridized carbons (Fsp3) is 0.227. The number of carbonyl (C=O) groups excluding carboxylic acids is 1. The van der Waals surface area contributed by atoms with Gasteiger partial charge in [0.2, 0.25) is 0 Å². The van der Waals surface area contributed by atoms with E-state index >= 15 is 0 Å². The molecule has 0 bridgehead atoms. The molecule has 0 aliphatic carbocycles. The maximum Gasteiger partial charge on any atom is 0.255 e. The summed E-state index contributed by atoms with van der Waals surface area (Å²) < 4.78 is 6.19. The fourth-order valence-electron chi connectivity index (χ4n) is 3.45. The summed E-state index contributed by atoms with van der Waals surface area (Å²) in [5.74, 6) is 0.564. The highest BCUT2D eigenvalue weighted by Gasteiger charge is 2.31. The number of phenolic OH excluding ortho intramolecular Hbond substituents is 1. The number of fused-ring (bicyclic) bond motifs is 3. The Hall–Kier alpha value is -3.01. The van der Waals surface area contributed by atoms with Gasteiger partial charge >= 0.3 is 0 Å². The number of anilines is 1. The Morgan fingerprint density at radius 1 is 1.04 bits per heavy atom. The first kappa shape index (κ1) is 16.5. The molecule has 3 aromatic carbocycles. The molecule has 0 saturated carbocycles. The van der Waals surface area contributed by atoms with Gasteiger partial charge in [-0.25, -0.2) is 0 Å². The molecule has 1 aliphatic heterocycles. The van der Waals surface area contributed by atoms with Gasteiger partial charge in [0.15, 0.2) is 0 Å². The molecule has 0 atom stereocenters. The number of amides is 1. The summed E-state index contributed by atoms with van der Waals surface area (Å²) in [6.07, 6.45) is 1.51. The number of hydrogen-bond acceptors (Lipinski definition) is 3. The van der Waals surface area contributed by atoms with Crippen LogP contribution in [0.3, 0.4) is 0 Å². The first-order valence-electron chi connectivity index (χ1n) is 8.78. The smallest absolute Gasteiger partial charge is 0.255 e. The van der Waals surface area contributed by atoms with E-state index in [4.69, 9.17) is 4.74 Å². The lowest BCUT2D eigenvalue weighted by Gasteiger charge is -2.34. The molecule has 0 aromatic heterocycles. The molecule has 1 amide bonds. The highest BCUT2D eigenvalue weighted by Crippen LogP contribution is 2.48. The maximum atomic E-state index is 12.6. The number of benzene rings is 3. The number of ether oxygens (including phenoxy) is 1. The van der Waals surface area contributed by atoms with Crippen molar-refractivity contribution in [2.75, 3.05) is 5.32 Å². The third-order valence-electron chi connectivity index (χ3n) is 4.87. The quantitative estimate of drug-likeness (QED) is 0.648. The van der Waals surface area contributed by atoms with Crippen LogP contribution in [0, 0.1) is 0 Å². The van der Waals surface area contributed by atoms with Gasteiger partial charge in [0.25, 0.3) is 5.91 Å². The van der Waals surface area contributed by atoms with E-state index in [1.165, 1.54) is 0 Å². The van der Waals surface area contributed by atoms with Crippen molar-refractivity contribution >= 4 is 22.4 Å². The molecule has 26 heavy (non-hydrogen) atoms. The monoisotopic (exact) mass is 347 g/mol. The molecule has 3 aromatic rings. The third-order valence-corrected chi connectivity index (χ3v) is 4.87. The molecule has 1 aliphatic rings. The predicted octanol–water partition coefficient (Wildman–Crippen LogP) is 4.90. The summed E-state index contributed by atoms with van der Waals surface area (Å²) in [7, 11) is 0. The molecule has 2 N–H and O–H groups in total. The average molecular weight is 347 g/mol. The van der Waals surface area contributed by atoms with Gasteiger partial charge in [0, 0.05) is 21.9 Å². The molecule has 132 valence electrons. The van der Waals surface area contributed by atoms with Crippen molar-refractivity contribution in [3.05, 3.63) is 65.7 Å². The highest BCUT2D eigenvalue weighted by atomic mass is 16.5. The van der Waals surface area contributed by atoms with Crippen LogP contribution in [-0.4, -0.2) is 16.6 Å². The molecule has 0 spiro atoms. The summed E-state index contributed by atoms with van der Waals surface area (Å²) in [4.78, 5) is 12.6. The maximum absolute atomic E-state index is 12.6. The SMILES string of the molecule is CC1(C)CCc2c(O)c(NC(=O)c3ccccc3)c3ccccc3c2O1. The normalized spacial score (nSPS) is 15.2. The second kappa shape index (κ2) is 6.06. The summed E-state index contributed by atoms with van der Waals surface area (Å²) >= 11 is 0. The second-order valence-electron chi connectivity index (χ2n) is 7.26. The van der Waals surface area contributed by atoms with E-state index in [2.05, 4.69) is 5.32 Å². The minimum absolute atomic E-state index is 0.0958. The summed E-state index contributed by atoms with van der Waals surface area (Å²) in [6.45, 7) is 4.10. The predicted molar refractivity (Wildman–Crippen MR) is 103 cm³/mol. The van der Waals surface area contributed by atoms with Gasteiger partial charge in [-0.15, -0.1) is 0 Å². The minimum Gasteiger partial charge on any atom is -0.505 e. The van der Waals surface area contributed by atoms with E-state index in [-0.39, 0.29) is 17.3 Å². The zero-order chi connectivity index (χ0) is 18.3. The lowest BCUT2D eigenvalue weighted by molar-refractivity contribution is 0.0859. The van der Waals surface area contributed by atoms with Crippen LogP contribution in [0.15, 0.2) is 54.6 Å². The molecule has 1 heterocycles. The topological polar surface area (TPSA) is 58.6 Å². The van der Waals surface area contributed by atoms with Gasteiger partial charge < -0.3 is 15.2 Å². The molecule has 4 heteroatoms. The van der Waals surface area contributed by atoms with E-state index in [9.17, 15) is 9.90 Å². The van der Waals surface area contributed by atoms with E-state index in [1.807, 2.05) is 56.3 Å². The van der Waals surface area contributed by atoms with Crippen molar-refractivity contribution in [2.45, 2.75) is 32.3 Å². The Labute approximate surface area is 152 Å². The van der Waals surface area contributed by atoms with Crippen molar-refractivity contribution in [2.24, 2.45) is 0 Å². The number of carbonyl (C=O) groups is 1. The van der Waals surface area contributed by atoms with Gasteiger partial charge in [-0.1, -0.05) is 42.5 Å². The zero-order valence-electron chi connectivity index (χ0n) is 14.9. The third kappa shape index (κ3) is 2.77. The lowest BCUT2D eigenvalue weighted by atomic mass is 9.90. The molecule has 0 saturated heterocycles. The molecule has 0 unspecified atom stereocenters. The summed E-state index contributed by atoms with van der Waals surface area (Å²) in [5, 5.41) is 15.5. The van der Waals surface area contributed by atoms with E-state index in [0.29, 0.717) is 23.4 Å². The van der Waals surface area contributed by atoms with Crippen molar-refractivity contribution in [1.29, 1.82) is 0 Å². The number of nitrogens with one attached hydrogen (secondary N) is 1. The summed E-state index contributed by atoms with van der Waals surface area (Å²) in [6, 6.07) is 16.7. The number of rotatable bonds is 2. The Morgan fingerprint density at radius 2 is 1.69 bits per heavy atom. The number of phenols is 1. The van der Waals surface area contributed by atoms with Crippen molar-refractivity contribution in [3.8, 4) is 11.5 Å². The Balaban J connectivity index is 1.86. The first-order valence-corrected chi connectivity index (χ1v) is 8.78. The summed E-state index contributed by atoms with van der Waals surface area (Å²) in [5.41, 5.74) is 1.46. The molecule has 0 radical (unpaired) electrons. The molecular formula is C22H21NO3. The van der Waals surface area contributed by atoms with E-state index in [0.717, 1.165) is 22.8 Å². The molecule has 4 nitrogen and oxygen atoms in total. The van der Waals surface area contributed by atoms with Gasteiger partial charge in [-0.2, -0.15) is 0 Å². The minimum atomic E-state index is -0.281. The van der Waals surface area contributed by atoms with Crippen LogP contribution in [0.4, 0.5) is 5.69 Å². The largest absolute Gasteiger partial charge is 0.505 e. The fourth-order valence-corrected chi connectivity index (χ4v) is 3.45. The zero-order valence-corrected chi connectivity index (χ0v) is 14.9. The first-order chi connectivity index (χ1) is 12.5. The molecule has 0 fully saturated rings. The molecular weight excluding hydrogens is 326 g/mol. The lowest BCUT2D eigenvalue weighted by Crippen LogP contribution is -2.32. The number of aromatic hydroxyl groups is 1. The van der Waals surface area contributed by atoms with E-state index < -0.39 is 0 Å². The van der Waals surface area contributed by atoms with Gasteiger partial charge in [0.05, 0.1) is 5.69 Å².